The van der Waals surface area contributed by atoms with E-state index in [-0.39, 0.29) is 0 Å². The van der Waals surface area contributed by atoms with Crippen LogP contribution in [0.5, 0.6) is 0 Å². The molecule has 448 valence electrons. The molecule has 4 aromatic carbocycles. The predicted molar refractivity (Wildman–Crippen MR) is 273 cm³/mol. The Morgan fingerprint density at radius 2 is 0.475 bits per heavy atom. The van der Waals surface area contributed by atoms with E-state index in [0.29, 0.717) is 0 Å². The van der Waals surface area contributed by atoms with Crippen molar-refractivity contribution in [2.75, 3.05) is 18.7 Å². The molecule has 0 saturated carbocycles. The number of aryl methyl sites for hydroxylation is 12. The van der Waals surface area contributed by atoms with Crippen molar-refractivity contribution in [1.82, 2.24) is 0 Å². The first-order chi connectivity index (χ1) is 35.7. The lowest BCUT2D eigenvalue weighted by Crippen LogP contribution is -2.98. The highest BCUT2D eigenvalue weighted by Gasteiger charge is 2.70. The number of benzene rings is 4. The largest absolute Gasteiger partial charge is 0.741 e. The molecule has 2 spiro atoms. The average molecular weight is 1280 g/mol. The van der Waals surface area contributed by atoms with Gasteiger partial charge in [0.2, 0.25) is 0 Å². The summed E-state index contributed by atoms with van der Waals surface area (Å²) >= 11 is 0. The van der Waals surface area contributed by atoms with Gasteiger partial charge in [-0.05, 0) is 128 Å². The number of alkyl halides is 12. The van der Waals surface area contributed by atoms with Gasteiger partial charge in [0.05, 0.1) is 22.7 Å². The molecule has 0 radical (unpaired) electrons. The molecule has 4 N–H and O–H groups in total. The first-order valence-corrected chi connectivity index (χ1v) is 31.1. The maximum Gasteiger partial charge on any atom is 0.564 e. The zero-order chi connectivity index (χ0) is 62.4. The highest BCUT2D eigenvalue weighted by Crippen LogP contribution is 2.65. The molecule has 4 aromatic rings. The van der Waals surface area contributed by atoms with Crippen molar-refractivity contribution in [2.45, 2.75) is 105 Å². The van der Waals surface area contributed by atoms with Crippen LogP contribution in [0.25, 0.3) is 0 Å². The maximum atomic E-state index is 10.7. The van der Waals surface area contributed by atoms with Gasteiger partial charge in [-0.2, -0.15) is 69.5 Å². The fraction of sp³-hybridized carbons (Fsp3) is 0.364. The minimum atomic E-state index is -6.09. The number of hydrogen-bond acceptors (Lipinski definition) is 14. The highest BCUT2D eigenvalue weighted by molar-refractivity contribution is 7.87. The first-order valence-electron chi connectivity index (χ1n) is 22.0. The van der Waals surface area contributed by atoms with E-state index < -0.39 is 77.5 Å². The number of nitrogens with one attached hydrogen (secondary N) is 2. The van der Waals surface area contributed by atoms with Gasteiger partial charge in [0.25, 0.3) is 0 Å². The third-order valence-electron chi connectivity index (χ3n) is 11.1. The molecule has 36 heteroatoms. The standard InChI is InChI=1S/C40H48N6P2.4CHF3O3S/c1-25-17-29(5)37(30(6)18-25)43-13-14-44(38-31(7)19-26(2)20-32(38)8)47(43)41-48(42-47)45(39-33(9)21-27(3)22-34(39)10)15-16-46(48)40-35(11)23-28(4)24-36(40)12;4*2-1(3,4)8(5,6)7/h13-24H,1-12H3;4*(H,5,6,7). The van der Waals surface area contributed by atoms with E-state index in [1.54, 1.807) is 0 Å². The SMILES string of the molecule is Cc1cc(C)c(N2C=CN(c3c(C)cc(C)cc3C)P23=[NH+]P2(=[NH+]3)N(c3c(C)cc(C)cc3C)C=CN2c2c(C)cc(C)cc2C)c(C)c1.O=S(=O)(O)C(F)(F)F.O=S(=O)(O)C(F)(F)F.O=S(=O)([O-])C(F)(F)F.O=S(=O)([O-])C(F)(F)F. The molecular formula is C44H52F12N6O12P2S4. The van der Waals surface area contributed by atoms with E-state index in [4.69, 9.17) is 51.9 Å². The average Bonchev–Trinajstić information content (AvgIpc) is 3.74. The molecule has 0 bridgehead atoms. The van der Waals surface area contributed by atoms with E-state index in [1.165, 1.54) is 89.5 Å². The van der Waals surface area contributed by atoms with Gasteiger partial charge in [-0.25, -0.2) is 35.5 Å². The van der Waals surface area contributed by atoms with E-state index in [9.17, 15) is 52.7 Å². The Hall–Kier alpha value is -5.18. The summed E-state index contributed by atoms with van der Waals surface area (Å²) in [7, 11) is -28.8. The molecule has 0 fully saturated rings. The van der Waals surface area contributed by atoms with Crippen molar-refractivity contribution in [1.29, 1.82) is 0 Å². The summed E-state index contributed by atoms with van der Waals surface area (Å²) in [5.41, 5.74) is -1.86. The Bertz CT molecular complexity index is 3150. The van der Waals surface area contributed by atoms with Gasteiger partial charge >= 0.3 is 57.3 Å². The van der Waals surface area contributed by atoms with E-state index >= 15 is 0 Å². The van der Waals surface area contributed by atoms with Crippen molar-refractivity contribution in [3.05, 3.63) is 140 Å². The summed E-state index contributed by atoms with van der Waals surface area (Å²) in [6.07, 6.45) is 9.21. The second kappa shape index (κ2) is 23.6. The fourth-order valence-corrected chi connectivity index (χ4v) is 18.7. The molecular weight excluding hydrogens is 1220 g/mol. The van der Waals surface area contributed by atoms with Crippen LogP contribution in [-0.4, -0.2) is 73.9 Å². The lowest BCUT2D eigenvalue weighted by molar-refractivity contribution is -0.437. The summed E-state index contributed by atoms with van der Waals surface area (Å²) in [5.74, 6) is 0. The summed E-state index contributed by atoms with van der Waals surface area (Å²) in [5, 5.41) is 0. The van der Waals surface area contributed by atoms with Gasteiger partial charge in [-0.1, -0.05) is 79.8 Å². The van der Waals surface area contributed by atoms with E-state index in [0.717, 1.165) is 0 Å². The highest BCUT2D eigenvalue weighted by atomic mass is 32.2. The number of anilines is 4. The predicted octanol–water partition coefficient (Wildman–Crippen LogP) is 9.64. The van der Waals surface area contributed by atoms with Gasteiger partial charge < -0.3 is 9.11 Å². The Labute approximate surface area is 453 Å². The summed E-state index contributed by atoms with van der Waals surface area (Å²) < 4.78 is 252. The van der Waals surface area contributed by atoms with Crippen molar-refractivity contribution in [3.8, 4) is 0 Å². The molecule has 7 rings (SSSR count). The molecule has 0 aromatic heterocycles. The molecule has 0 unspecified atom stereocenters. The Kier molecular flexibility index (Phi) is 20.4. The number of hydrogen-bond donors (Lipinski definition) is 4. The molecule has 3 heterocycles. The van der Waals surface area contributed by atoms with Gasteiger partial charge in [-0.15, -0.1) is 0 Å². The lowest BCUT2D eigenvalue weighted by Gasteiger charge is -2.37. The normalized spacial score (nSPS) is 15.8. The van der Waals surface area contributed by atoms with Crippen molar-refractivity contribution < 1.29 is 114 Å². The van der Waals surface area contributed by atoms with Crippen LogP contribution in [0.1, 0.15) is 66.8 Å². The molecule has 0 saturated heterocycles. The van der Waals surface area contributed by atoms with Crippen LogP contribution < -0.4 is 27.7 Å². The molecule has 3 aliphatic heterocycles. The Morgan fingerprint density at radius 1 is 0.350 bits per heavy atom. The van der Waals surface area contributed by atoms with Crippen molar-refractivity contribution in [3.63, 3.8) is 0 Å². The van der Waals surface area contributed by atoms with Crippen LogP contribution in [0.3, 0.4) is 0 Å². The fourth-order valence-electron chi connectivity index (χ4n) is 8.63. The van der Waals surface area contributed by atoms with Crippen LogP contribution in [-0.2, 0) is 40.5 Å². The van der Waals surface area contributed by atoms with Gasteiger partial charge in [0, 0.05) is 24.8 Å². The molecule has 0 aliphatic carbocycles. The molecule has 3 aliphatic rings. The zero-order valence-corrected chi connectivity index (χ0v) is 48.8. The summed E-state index contributed by atoms with van der Waals surface area (Å²) in [6.45, 7) is 26.8. The zero-order valence-electron chi connectivity index (χ0n) is 43.8. The van der Waals surface area contributed by atoms with Gasteiger partial charge in [-0.3, -0.25) is 9.11 Å². The first kappa shape index (κ1) is 69.1. The smallest absolute Gasteiger partial charge is 0.564 e. The summed E-state index contributed by atoms with van der Waals surface area (Å²) in [6, 6.07) is 18.5. The van der Waals surface area contributed by atoms with Crippen LogP contribution in [0.2, 0.25) is 0 Å². The van der Waals surface area contributed by atoms with Crippen molar-refractivity contribution in [2.24, 2.45) is 0 Å². The quantitative estimate of drug-likeness (QED) is 0.0641. The lowest BCUT2D eigenvalue weighted by atomic mass is 10.1. The molecule has 0 atom stereocenters. The van der Waals surface area contributed by atoms with Crippen molar-refractivity contribution >= 4 is 78.2 Å². The second-order valence-electron chi connectivity index (χ2n) is 18.0. The molecule has 18 nitrogen and oxygen atoms in total. The van der Waals surface area contributed by atoms with Crippen LogP contribution in [0.15, 0.2) is 73.3 Å². The monoisotopic (exact) mass is 1270 g/mol. The maximum absolute atomic E-state index is 10.7. The number of rotatable bonds is 4. The van der Waals surface area contributed by atoms with Crippen LogP contribution >= 0.6 is 15.0 Å². The number of halogens is 12. The Balaban J connectivity index is 0.000000426. The van der Waals surface area contributed by atoms with E-state index in [2.05, 4.69) is 184 Å². The Morgan fingerprint density at radius 3 is 0.575 bits per heavy atom. The minimum Gasteiger partial charge on any atom is -0.741 e. The minimum absolute atomic E-state index is 1.27. The second-order valence-corrected chi connectivity index (χ2v) is 29.3. The van der Waals surface area contributed by atoms with Gasteiger partial charge in [0.15, 0.2) is 20.2 Å². The molecule has 0 amide bonds. The third-order valence-corrected chi connectivity index (χ3v) is 21.7. The van der Waals surface area contributed by atoms with E-state index in [1.807, 2.05) is 0 Å². The van der Waals surface area contributed by atoms with Crippen LogP contribution in [0, 0.1) is 83.1 Å². The number of nitrogens with zero attached hydrogens (tertiary/aromatic N) is 4. The third kappa shape index (κ3) is 15.3. The molecule has 80 heavy (non-hydrogen) atoms. The summed E-state index contributed by atoms with van der Waals surface area (Å²) in [4.78, 5) is 0. The van der Waals surface area contributed by atoms with Crippen LogP contribution in [0.4, 0.5) is 75.4 Å². The van der Waals surface area contributed by atoms with Gasteiger partial charge in [0.1, 0.15) is 0 Å². The topological polar surface area (TPSA) is 264 Å².